The van der Waals surface area contributed by atoms with E-state index in [1.54, 1.807) is 0 Å². The van der Waals surface area contributed by atoms with Gasteiger partial charge in [0, 0.05) is 15.7 Å². The lowest BCUT2D eigenvalue weighted by Crippen LogP contribution is -2.14. The van der Waals surface area contributed by atoms with Gasteiger partial charge >= 0.3 is 5.97 Å². The molecule has 118 valence electrons. The molecule has 0 aliphatic carbocycles. The highest BCUT2D eigenvalue weighted by Crippen LogP contribution is 2.27. The number of benzene rings is 1. The van der Waals surface area contributed by atoms with E-state index in [0.717, 1.165) is 25.0 Å². The third-order valence-electron chi connectivity index (χ3n) is 2.77. The van der Waals surface area contributed by atoms with Crippen molar-refractivity contribution in [1.82, 2.24) is 0 Å². The quantitative estimate of drug-likeness (QED) is 0.570. The lowest BCUT2D eigenvalue weighted by Gasteiger charge is -2.12. The molecule has 8 heteroatoms. The van der Waals surface area contributed by atoms with Crippen LogP contribution in [0.25, 0.3) is 0 Å². The van der Waals surface area contributed by atoms with Gasteiger partial charge in [0.15, 0.2) is 5.82 Å². The van der Waals surface area contributed by atoms with E-state index >= 15 is 0 Å². The Morgan fingerprint density at radius 2 is 2.05 bits per heavy atom. The number of carbonyl (C=O) groups is 1. The van der Waals surface area contributed by atoms with Crippen LogP contribution in [0.2, 0.25) is 5.02 Å². The SMILES string of the molecule is CCCC(C)COC(=O)c1cc(Cl)cc(S(=O)(=O)Cl)c1F. The fraction of sp³-hybridized carbons (Fsp3) is 0.462. The van der Waals surface area contributed by atoms with Crippen molar-refractivity contribution in [3.8, 4) is 0 Å². The summed E-state index contributed by atoms with van der Waals surface area (Å²) >= 11 is 5.69. The monoisotopic (exact) mass is 356 g/mol. The molecule has 0 radical (unpaired) electrons. The van der Waals surface area contributed by atoms with E-state index in [1.165, 1.54) is 0 Å². The van der Waals surface area contributed by atoms with Crippen molar-refractivity contribution in [1.29, 1.82) is 0 Å². The van der Waals surface area contributed by atoms with Crippen LogP contribution in [0.1, 0.15) is 37.0 Å². The van der Waals surface area contributed by atoms with Gasteiger partial charge in [-0.3, -0.25) is 0 Å². The van der Waals surface area contributed by atoms with Gasteiger partial charge in [0.2, 0.25) is 0 Å². The Morgan fingerprint density at radius 3 is 2.57 bits per heavy atom. The summed E-state index contributed by atoms with van der Waals surface area (Å²) < 4.78 is 41.5. The molecule has 0 N–H and O–H groups in total. The molecule has 0 aliphatic heterocycles. The highest BCUT2D eigenvalue weighted by Gasteiger charge is 2.24. The Balaban J connectivity index is 3.03. The Labute approximate surface area is 132 Å². The van der Waals surface area contributed by atoms with E-state index in [2.05, 4.69) is 0 Å². The maximum Gasteiger partial charge on any atom is 0.341 e. The first kappa shape index (κ1) is 18.2. The molecular weight excluding hydrogens is 342 g/mol. The Hall–Kier alpha value is -0.850. The number of hydrogen-bond acceptors (Lipinski definition) is 4. The van der Waals surface area contributed by atoms with Crippen LogP contribution in [-0.4, -0.2) is 21.0 Å². The van der Waals surface area contributed by atoms with Crippen LogP contribution in [0.15, 0.2) is 17.0 Å². The molecular formula is C13H15Cl2FO4S. The van der Waals surface area contributed by atoms with E-state index in [-0.39, 0.29) is 17.5 Å². The molecule has 1 aromatic rings. The van der Waals surface area contributed by atoms with Gasteiger partial charge in [-0.2, -0.15) is 0 Å². The van der Waals surface area contributed by atoms with Crippen molar-refractivity contribution in [2.24, 2.45) is 5.92 Å². The third-order valence-corrected chi connectivity index (χ3v) is 4.31. The number of hydrogen-bond donors (Lipinski definition) is 0. The predicted octanol–water partition coefficient (Wildman–Crippen LogP) is 4.00. The minimum atomic E-state index is -4.35. The average Bonchev–Trinajstić information content (AvgIpc) is 2.37. The molecule has 1 aromatic carbocycles. The number of ether oxygens (including phenoxy) is 1. The smallest absolute Gasteiger partial charge is 0.341 e. The van der Waals surface area contributed by atoms with Crippen LogP contribution < -0.4 is 0 Å². The highest BCUT2D eigenvalue weighted by atomic mass is 35.7. The van der Waals surface area contributed by atoms with Crippen LogP contribution in [0.5, 0.6) is 0 Å². The van der Waals surface area contributed by atoms with Gasteiger partial charge in [0.25, 0.3) is 9.05 Å². The van der Waals surface area contributed by atoms with Crippen LogP contribution in [0.3, 0.4) is 0 Å². The van der Waals surface area contributed by atoms with Crippen molar-refractivity contribution in [3.63, 3.8) is 0 Å². The van der Waals surface area contributed by atoms with E-state index in [9.17, 15) is 17.6 Å². The summed E-state index contributed by atoms with van der Waals surface area (Å²) in [6.07, 6.45) is 1.78. The maximum absolute atomic E-state index is 14.0. The summed E-state index contributed by atoms with van der Waals surface area (Å²) in [7, 11) is 0.756. The Bertz CT molecular complexity index is 631. The summed E-state index contributed by atoms with van der Waals surface area (Å²) in [6.45, 7) is 3.99. The zero-order valence-electron chi connectivity index (χ0n) is 11.5. The van der Waals surface area contributed by atoms with E-state index < -0.39 is 31.3 Å². The first-order chi connectivity index (χ1) is 9.66. The van der Waals surface area contributed by atoms with Crippen LogP contribution >= 0.6 is 22.3 Å². The van der Waals surface area contributed by atoms with Gasteiger partial charge < -0.3 is 4.74 Å². The van der Waals surface area contributed by atoms with Crippen molar-refractivity contribution < 1.29 is 22.3 Å². The average molecular weight is 357 g/mol. The number of carbonyl (C=O) groups excluding carboxylic acids is 1. The van der Waals surface area contributed by atoms with Crippen molar-refractivity contribution in [2.45, 2.75) is 31.6 Å². The highest BCUT2D eigenvalue weighted by molar-refractivity contribution is 8.13. The summed E-state index contributed by atoms with van der Waals surface area (Å²) in [5.41, 5.74) is -0.551. The van der Waals surface area contributed by atoms with Gasteiger partial charge in [-0.1, -0.05) is 31.9 Å². The van der Waals surface area contributed by atoms with Crippen LogP contribution in [-0.2, 0) is 13.8 Å². The fourth-order valence-corrected chi connectivity index (χ4v) is 2.97. The number of rotatable bonds is 6. The van der Waals surface area contributed by atoms with Gasteiger partial charge in [-0.05, 0) is 24.5 Å². The molecule has 4 nitrogen and oxygen atoms in total. The van der Waals surface area contributed by atoms with Crippen molar-refractivity contribution >= 4 is 37.3 Å². The topological polar surface area (TPSA) is 60.4 Å². The number of esters is 1. The molecule has 1 rings (SSSR count). The van der Waals surface area contributed by atoms with Gasteiger partial charge in [-0.15, -0.1) is 0 Å². The largest absolute Gasteiger partial charge is 0.462 e. The molecule has 0 aliphatic rings. The maximum atomic E-state index is 14.0. The fourth-order valence-electron chi connectivity index (χ4n) is 1.76. The molecule has 0 bridgehead atoms. The zero-order valence-corrected chi connectivity index (χ0v) is 13.9. The normalized spacial score (nSPS) is 13.0. The molecule has 0 fully saturated rings. The van der Waals surface area contributed by atoms with Gasteiger partial charge in [0.05, 0.1) is 12.2 Å². The molecule has 0 saturated carbocycles. The Morgan fingerprint density at radius 1 is 1.43 bits per heavy atom. The van der Waals surface area contributed by atoms with E-state index in [1.807, 2.05) is 13.8 Å². The second-order valence-corrected chi connectivity index (χ2v) is 7.67. The first-order valence-corrected chi connectivity index (χ1v) is 8.96. The van der Waals surface area contributed by atoms with Crippen molar-refractivity contribution in [2.75, 3.05) is 6.61 Å². The first-order valence-electron chi connectivity index (χ1n) is 6.27. The molecule has 0 aromatic heterocycles. The minimum absolute atomic E-state index is 0.113. The molecule has 0 spiro atoms. The van der Waals surface area contributed by atoms with Crippen molar-refractivity contribution in [3.05, 3.63) is 28.5 Å². The summed E-state index contributed by atoms with van der Waals surface area (Å²) in [4.78, 5) is 11.0. The summed E-state index contributed by atoms with van der Waals surface area (Å²) in [5, 5.41) is -0.121. The molecule has 0 saturated heterocycles. The second-order valence-electron chi connectivity index (χ2n) is 4.70. The summed E-state index contributed by atoms with van der Waals surface area (Å²) in [6, 6.07) is 1.85. The molecule has 21 heavy (non-hydrogen) atoms. The second kappa shape index (κ2) is 7.42. The van der Waals surface area contributed by atoms with E-state index in [0.29, 0.717) is 0 Å². The van der Waals surface area contributed by atoms with Gasteiger partial charge in [0.1, 0.15) is 4.90 Å². The molecule has 1 unspecified atom stereocenters. The zero-order chi connectivity index (χ0) is 16.2. The summed E-state index contributed by atoms with van der Waals surface area (Å²) in [5.74, 6) is -2.11. The molecule has 1 atom stereocenters. The van der Waals surface area contributed by atoms with Gasteiger partial charge in [-0.25, -0.2) is 17.6 Å². The standard InChI is InChI=1S/C13H15Cl2FO4S/c1-3-4-8(2)7-20-13(17)10-5-9(14)6-11(12(10)16)21(15,18)19/h5-6,8H,3-4,7H2,1-2H3. The lowest BCUT2D eigenvalue weighted by molar-refractivity contribution is 0.0437. The van der Waals surface area contributed by atoms with Crippen LogP contribution in [0, 0.1) is 11.7 Å². The predicted molar refractivity (Wildman–Crippen MR) is 78.8 cm³/mol. The minimum Gasteiger partial charge on any atom is -0.462 e. The molecule has 0 amide bonds. The Kier molecular flexibility index (Phi) is 6.43. The third kappa shape index (κ3) is 5.13. The molecule has 0 heterocycles. The number of halogens is 3. The van der Waals surface area contributed by atoms with Crippen LogP contribution in [0.4, 0.5) is 4.39 Å². The van der Waals surface area contributed by atoms with E-state index in [4.69, 9.17) is 27.0 Å². The lowest BCUT2D eigenvalue weighted by atomic mass is 10.1.